The fraction of sp³-hybridized carbons (Fsp3) is 0.412. The van der Waals surface area contributed by atoms with Gasteiger partial charge in [-0.1, -0.05) is 25.5 Å². The van der Waals surface area contributed by atoms with Crippen LogP contribution in [0.2, 0.25) is 0 Å². The van der Waals surface area contributed by atoms with E-state index < -0.39 is 4.92 Å². The summed E-state index contributed by atoms with van der Waals surface area (Å²) < 4.78 is 5.42. The lowest BCUT2D eigenvalue weighted by molar-refractivity contribution is -0.385. The second-order valence-electron chi connectivity index (χ2n) is 5.73. The number of hydrogen-bond donors (Lipinski definition) is 1. The molecule has 128 valence electrons. The van der Waals surface area contributed by atoms with Crippen LogP contribution < -0.4 is 10.1 Å². The molecule has 1 N–H and O–H groups in total. The highest BCUT2D eigenvalue weighted by Crippen LogP contribution is 2.33. The van der Waals surface area contributed by atoms with Crippen molar-refractivity contribution in [2.45, 2.75) is 46.1 Å². The van der Waals surface area contributed by atoms with E-state index in [2.05, 4.69) is 22.2 Å². The van der Waals surface area contributed by atoms with Gasteiger partial charge in [0.1, 0.15) is 6.33 Å². The van der Waals surface area contributed by atoms with Crippen LogP contribution in [0.25, 0.3) is 0 Å². The molecule has 0 saturated heterocycles. The maximum Gasteiger partial charge on any atom is 0.373 e. The number of nitrogens with zero attached hydrogens (tertiary/aromatic N) is 3. The summed E-state index contributed by atoms with van der Waals surface area (Å²) in [6.45, 7) is 5.73. The van der Waals surface area contributed by atoms with Gasteiger partial charge in [-0.3, -0.25) is 10.1 Å². The third-order valence-electron chi connectivity index (χ3n) is 3.35. The molecule has 2 rings (SSSR count). The number of aryl methyl sites for hydroxylation is 1. The van der Waals surface area contributed by atoms with E-state index in [1.165, 1.54) is 11.9 Å². The first kappa shape index (κ1) is 17.7. The molecule has 0 aliphatic rings. The fourth-order valence-electron chi connectivity index (χ4n) is 2.20. The molecule has 0 aliphatic carbocycles. The van der Waals surface area contributed by atoms with E-state index in [4.69, 9.17) is 4.74 Å². The van der Waals surface area contributed by atoms with Crippen LogP contribution in [-0.4, -0.2) is 21.0 Å². The van der Waals surface area contributed by atoms with Crippen LogP contribution in [0.15, 0.2) is 30.6 Å². The Morgan fingerprint density at radius 2 is 1.96 bits per heavy atom. The summed E-state index contributed by atoms with van der Waals surface area (Å²) >= 11 is 0. The normalized spacial score (nSPS) is 10.7. The second kappa shape index (κ2) is 8.24. The summed E-state index contributed by atoms with van der Waals surface area (Å²) in [6.07, 6.45) is 4.34. The van der Waals surface area contributed by atoms with Gasteiger partial charge in [0.2, 0.25) is 5.82 Å². The van der Waals surface area contributed by atoms with Crippen molar-refractivity contribution in [1.82, 2.24) is 9.97 Å². The number of unbranched alkanes of at least 4 members (excludes halogenated alkanes) is 1. The number of nitro groups is 1. The van der Waals surface area contributed by atoms with Crippen molar-refractivity contribution in [2.75, 3.05) is 5.32 Å². The Balaban J connectivity index is 2.24. The van der Waals surface area contributed by atoms with Crippen molar-refractivity contribution in [3.63, 3.8) is 0 Å². The smallest absolute Gasteiger partial charge is 0.373 e. The number of nitrogens with one attached hydrogen (secondary N) is 1. The third kappa shape index (κ3) is 4.65. The number of anilines is 2. The molecule has 0 radical (unpaired) electrons. The minimum atomic E-state index is -0.532. The van der Waals surface area contributed by atoms with Gasteiger partial charge in [-0.05, 0) is 44.4 Å². The summed E-state index contributed by atoms with van der Waals surface area (Å²) in [5.41, 5.74) is 1.71. The highest BCUT2D eigenvalue weighted by atomic mass is 16.6. The van der Waals surface area contributed by atoms with Crippen molar-refractivity contribution in [2.24, 2.45) is 0 Å². The van der Waals surface area contributed by atoms with Gasteiger partial charge in [-0.15, -0.1) is 0 Å². The Morgan fingerprint density at radius 1 is 1.25 bits per heavy atom. The van der Waals surface area contributed by atoms with E-state index in [-0.39, 0.29) is 23.5 Å². The number of aromatic nitrogens is 2. The average molecular weight is 330 g/mol. The van der Waals surface area contributed by atoms with E-state index in [1.807, 2.05) is 24.3 Å². The zero-order chi connectivity index (χ0) is 17.5. The lowest BCUT2D eigenvalue weighted by Crippen LogP contribution is -2.10. The maximum atomic E-state index is 11.4. The molecule has 0 fully saturated rings. The number of benzene rings is 1. The van der Waals surface area contributed by atoms with E-state index in [1.54, 1.807) is 13.8 Å². The zero-order valence-corrected chi connectivity index (χ0v) is 14.2. The quantitative estimate of drug-likeness (QED) is 0.574. The van der Waals surface area contributed by atoms with Gasteiger partial charge in [0.05, 0.1) is 11.0 Å². The van der Waals surface area contributed by atoms with Gasteiger partial charge in [-0.25, -0.2) is 4.98 Å². The zero-order valence-electron chi connectivity index (χ0n) is 14.2. The summed E-state index contributed by atoms with van der Waals surface area (Å²) in [6, 6.07) is 7.80. The molecule has 0 spiro atoms. The van der Waals surface area contributed by atoms with Crippen LogP contribution >= 0.6 is 0 Å². The molecule has 0 atom stereocenters. The summed E-state index contributed by atoms with van der Waals surface area (Å²) in [5.74, 6) is 0.0824. The van der Waals surface area contributed by atoms with Crippen molar-refractivity contribution in [1.29, 1.82) is 0 Å². The lowest BCUT2D eigenvalue weighted by Gasteiger charge is -2.11. The minimum absolute atomic E-state index is 0.0351. The van der Waals surface area contributed by atoms with Crippen LogP contribution in [0.4, 0.5) is 17.2 Å². The molecule has 7 nitrogen and oxygen atoms in total. The van der Waals surface area contributed by atoms with Gasteiger partial charge in [0, 0.05) is 5.69 Å². The third-order valence-corrected chi connectivity index (χ3v) is 3.35. The predicted octanol–water partition coefficient (Wildman–Crippen LogP) is 4.26. The van der Waals surface area contributed by atoms with Gasteiger partial charge < -0.3 is 10.1 Å². The molecule has 0 aliphatic heterocycles. The Morgan fingerprint density at radius 3 is 2.54 bits per heavy atom. The number of rotatable bonds is 8. The standard InChI is InChI=1S/C17H22N4O3/c1-4-5-6-13-7-9-14(10-8-13)20-16-15(21(22)23)17(19-11-18-16)24-12(2)3/h7-12H,4-6H2,1-3H3,(H,18,19,20). The average Bonchev–Trinajstić information content (AvgIpc) is 2.53. The molecule has 1 heterocycles. The van der Waals surface area contributed by atoms with E-state index in [0.29, 0.717) is 0 Å². The molecule has 0 amide bonds. The largest absolute Gasteiger partial charge is 0.470 e. The SMILES string of the molecule is CCCCc1ccc(Nc2ncnc(OC(C)C)c2[N+](=O)[O-])cc1. The monoisotopic (exact) mass is 330 g/mol. The number of hydrogen-bond acceptors (Lipinski definition) is 6. The fourth-order valence-corrected chi connectivity index (χ4v) is 2.20. The van der Waals surface area contributed by atoms with Gasteiger partial charge in [0.25, 0.3) is 5.88 Å². The highest BCUT2D eigenvalue weighted by molar-refractivity contribution is 5.68. The molecule has 0 bridgehead atoms. The predicted molar refractivity (Wildman–Crippen MR) is 92.8 cm³/mol. The summed E-state index contributed by atoms with van der Waals surface area (Å²) in [5, 5.41) is 14.4. The number of ether oxygens (including phenoxy) is 1. The maximum absolute atomic E-state index is 11.4. The Hall–Kier alpha value is -2.70. The van der Waals surface area contributed by atoms with Gasteiger partial charge >= 0.3 is 5.69 Å². The molecule has 2 aromatic rings. The van der Waals surface area contributed by atoms with Crippen molar-refractivity contribution in [3.8, 4) is 5.88 Å². The van der Waals surface area contributed by atoms with Gasteiger partial charge in [0.15, 0.2) is 0 Å². The second-order valence-corrected chi connectivity index (χ2v) is 5.73. The highest BCUT2D eigenvalue weighted by Gasteiger charge is 2.25. The van der Waals surface area contributed by atoms with E-state index in [9.17, 15) is 10.1 Å². The molecule has 1 aromatic carbocycles. The molecule has 7 heteroatoms. The molecular weight excluding hydrogens is 308 g/mol. The minimum Gasteiger partial charge on any atom is -0.470 e. The first-order valence-electron chi connectivity index (χ1n) is 8.03. The van der Waals surface area contributed by atoms with Crippen LogP contribution in [0.1, 0.15) is 39.2 Å². The Kier molecular flexibility index (Phi) is 6.06. The molecule has 24 heavy (non-hydrogen) atoms. The van der Waals surface area contributed by atoms with Crippen LogP contribution in [0, 0.1) is 10.1 Å². The van der Waals surface area contributed by atoms with Crippen molar-refractivity contribution in [3.05, 3.63) is 46.3 Å². The van der Waals surface area contributed by atoms with Crippen molar-refractivity contribution >= 4 is 17.2 Å². The summed E-state index contributed by atoms with van der Waals surface area (Å²) in [4.78, 5) is 18.7. The molecule has 0 unspecified atom stereocenters. The van der Waals surface area contributed by atoms with E-state index in [0.717, 1.165) is 24.9 Å². The first-order chi connectivity index (χ1) is 11.5. The summed E-state index contributed by atoms with van der Waals surface area (Å²) in [7, 11) is 0. The van der Waals surface area contributed by atoms with E-state index >= 15 is 0 Å². The van der Waals surface area contributed by atoms with Crippen molar-refractivity contribution < 1.29 is 9.66 Å². The van der Waals surface area contributed by atoms with Crippen LogP contribution in [-0.2, 0) is 6.42 Å². The molecule has 1 aromatic heterocycles. The van der Waals surface area contributed by atoms with Gasteiger partial charge in [-0.2, -0.15) is 4.98 Å². The Bertz CT molecular complexity index is 687. The molecule has 0 saturated carbocycles. The Labute approximate surface area is 141 Å². The first-order valence-corrected chi connectivity index (χ1v) is 8.03. The lowest BCUT2D eigenvalue weighted by atomic mass is 10.1. The molecular formula is C17H22N4O3. The van der Waals surface area contributed by atoms with Crippen LogP contribution in [0.5, 0.6) is 5.88 Å². The topological polar surface area (TPSA) is 90.2 Å². The van der Waals surface area contributed by atoms with Crippen LogP contribution in [0.3, 0.4) is 0 Å².